The number of anilines is 4. The first-order chi connectivity index (χ1) is 16.7. The molecule has 1 fully saturated rings. The molecule has 1 amide bonds. The van der Waals surface area contributed by atoms with Crippen LogP contribution in [0.4, 0.5) is 22.9 Å². The van der Waals surface area contributed by atoms with Crippen molar-refractivity contribution >= 4 is 28.8 Å². The van der Waals surface area contributed by atoms with Gasteiger partial charge in [-0.05, 0) is 48.5 Å². The van der Waals surface area contributed by atoms with Crippen LogP contribution in [0, 0.1) is 0 Å². The summed E-state index contributed by atoms with van der Waals surface area (Å²) in [5.74, 6) is 0.533. The molecule has 7 nitrogen and oxygen atoms in total. The molecule has 1 aliphatic heterocycles. The molecule has 34 heavy (non-hydrogen) atoms. The standard InChI is InChI=1S/C27H25N5O2/c33-27(31-23-10-12-24(13-11-23)32-14-16-34-17-15-32)21-6-8-22(9-7-21)30-26-18-25(28-19-29-26)20-4-2-1-3-5-20/h1-13,18-19H,14-17H2,(H,31,33)(H,28,29,30). The first-order valence-corrected chi connectivity index (χ1v) is 11.2. The molecule has 5 rings (SSSR count). The monoisotopic (exact) mass is 451 g/mol. The number of ether oxygens (including phenoxy) is 1. The molecule has 0 atom stereocenters. The number of benzene rings is 3. The van der Waals surface area contributed by atoms with E-state index < -0.39 is 0 Å². The summed E-state index contributed by atoms with van der Waals surface area (Å²) >= 11 is 0. The molecule has 1 saturated heterocycles. The Bertz CT molecular complexity index is 1240. The van der Waals surface area contributed by atoms with Crippen molar-refractivity contribution in [1.29, 1.82) is 0 Å². The van der Waals surface area contributed by atoms with E-state index in [0.717, 1.165) is 54.6 Å². The first-order valence-electron chi connectivity index (χ1n) is 11.2. The van der Waals surface area contributed by atoms with Gasteiger partial charge in [-0.3, -0.25) is 4.79 Å². The molecule has 7 heteroatoms. The average molecular weight is 452 g/mol. The van der Waals surface area contributed by atoms with Gasteiger partial charge in [0.1, 0.15) is 12.1 Å². The molecule has 2 N–H and O–H groups in total. The Labute approximate surface area is 198 Å². The van der Waals surface area contributed by atoms with E-state index in [9.17, 15) is 4.79 Å². The summed E-state index contributed by atoms with van der Waals surface area (Å²) < 4.78 is 5.40. The third kappa shape index (κ3) is 5.22. The molecule has 4 aromatic rings. The SMILES string of the molecule is O=C(Nc1ccc(N2CCOCC2)cc1)c1ccc(Nc2cc(-c3ccccc3)ncn2)cc1. The third-order valence-corrected chi connectivity index (χ3v) is 5.66. The van der Waals surface area contributed by atoms with Crippen LogP contribution in [-0.2, 0) is 4.74 Å². The maximum absolute atomic E-state index is 12.7. The van der Waals surface area contributed by atoms with Crippen molar-refractivity contribution < 1.29 is 9.53 Å². The number of rotatable bonds is 6. The molecule has 0 unspecified atom stereocenters. The van der Waals surface area contributed by atoms with Crippen LogP contribution in [0.3, 0.4) is 0 Å². The number of amides is 1. The summed E-state index contributed by atoms with van der Waals surface area (Å²) in [4.78, 5) is 23.6. The van der Waals surface area contributed by atoms with Crippen molar-refractivity contribution in [3.05, 3.63) is 96.8 Å². The molecular formula is C27H25N5O2. The lowest BCUT2D eigenvalue weighted by atomic mass is 10.1. The van der Waals surface area contributed by atoms with E-state index in [1.54, 1.807) is 12.1 Å². The number of hydrogen-bond donors (Lipinski definition) is 2. The Morgan fingerprint density at radius 2 is 1.53 bits per heavy atom. The zero-order valence-corrected chi connectivity index (χ0v) is 18.6. The summed E-state index contributed by atoms with van der Waals surface area (Å²) in [6, 6.07) is 27.1. The molecule has 0 aliphatic carbocycles. The number of carbonyl (C=O) groups excluding carboxylic acids is 1. The Morgan fingerprint density at radius 3 is 2.26 bits per heavy atom. The predicted molar refractivity (Wildman–Crippen MR) is 135 cm³/mol. The van der Waals surface area contributed by atoms with Crippen LogP contribution in [0.2, 0.25) is 0 Å². The minimum atomic E-state index is -0.154. The van der Waals surface area contributed by atoms with Gasteiger partial charge in [0.15, 0.2) is 0 Å². The van der Waals surface area contributed by atoms with E-state index >= 15 is 0 Å². The minimum absolute atomic E-state index is 0.154. The van der Waals surface area contributed by atoms with E-state index in [4.69, 9.17) is 4.74 Å². The van der Waals surface area contributed by atoms with Gasteiger partial charge in [-0.1, -0.05) is 30.3 Å². The fourth-order valence-corrected chi connectivity index (χ4v) is 3.83. The molecular weight excluding hydrogens is 426 g/mol. The lowest BCUT2D eigenvalue weighted by molar-refractivity contribution is 0.102. The van der Waals surface area contributed by atoms with Crippen molar-refractivity contribution in [2.45, 2.75) is 0 Å². The number of nitrogens with zero attached hydrogens (tertiary/aromatic N) is 3. The summed E-state index contributed by atoms with van der Waals surface area (Å²) in [7, 11) is 0. The highest BCUT2D eigenvalue weighted by Gasteiger charge is 2.12. The highest BCUT2D eigenvalue weighted by Crippen LogP contribution is 2.22. The lowest BCUT2D eigenvalue weighted by Crippen LogP contribution is -2.36. The predicted octanol–water partition coefficient (Wildman–Crippen LogP) is 4.98. The molecule has 1 aliphatic rings. The van der Waals surface area contributed by atoms with Gasteiger partial charge >= 0.3 is 0 Å². The highest BCUT2D eigenvalue weighted by molar-refractivity contribution is 6.04. The largest absolute Gasteiger partial charge is 0.378 e. The van der Waals surface area contributed by atoms with Gasteiger partial charge in [-0.25, -0.2) is 9.97 Å². The molecule has 2 heterocycles. The molecule has 0 radical (unpaired) electrons. The zero-order chi connectivity index (χ0) is 23.2. The molecule has 0 bridgehead atoms. The van der Waals surface area contributed by atoms with Crippen LogP contribution in [0.5, 0.6) is 0 Å². The van der Waals surface area contributed by atoms with Crippen molar-refractivity contribution in [1.82, 2.24) is 9.97 Å². The van der Waals surface area contributed by atoms with Gasteiger partial charge in [-0.15, -0.1) is 0 Å². The van der Waals surface area contributed by atoms with Gasteiger partial charge in [0.2, 0.25) is 0 Å². The van der Waals surface area contributed by atoms with Crippen LogP contribution in [0.1, 0.15) is 10.4 Å². The summed E-state index contributed by atoms with van der Waals surface area (Å²) in [5, 5.41) is 6.23. The van der Waals surface area contributed by atoms with Crippen molar-refractivity contribution in [2.75, 3.05) is 41.8 Å². The maximum Gasteiger partial charge on any atom is 0.255 e. The Balaban J connectivity index is 1.21. The topological polar surface area (TPSA) is 79.4 Å². The Morgan fingerprint density at radius 1 is 0.824 bits per heavy atom. The van der Waals surface area contributed by atoms with Gasteiger partial charge in [-0.2, -0.15) is 0 Å². The summed E-state index contributed by atoms with van der Waals surface area (Å²) in [6.07, 6.45) is 1.54. The van der Waals surface area contributed by atoms with E-state index in [1.807, 2.05) is 72.8 Å². The minimum Gasteiger partial charge on any atom is -0.378 e. The van der Waals surface area contributed by atoms with Gasteiger partial charge in [0, 0.05) is 47.3 Å². The number of carbonyl (C=O) groups is 1. The smallest absolute Gasteiger partial charge is 0.255 e. The van der Waals surface area contributed by atoms with Gasteiger partial charge in [0.05, 0.1) is 18.9 Å². The van der Waals surface area contributed by atoms with Crippen LogP contribution in [0.15, 0.2) is 91.3 Å². The third-order valence-electron chi connectivity index (χ3n) is 5.66. The maximum atomic E-state index is 12.7. The van der Waals surface area contributed by atoms with Crippen molar-refractivity contribution in [3.8, 4) is 11.3 Å². The second-order valence-electron chi connectivity index (χ2n) is 7.96. The fourth-order valence-electron chi connectivity index (χ4n) is 3.83. The van der Waals surface area contributed by atoms with E-state index in [0.29, 0.717) is 11.4 Å². The van der Waals surface area contributed by atoms with Gasteiger partial charge < -0.3 is 20.3 Å². The number of nitrogens with one attached hydrogen (secondary N) is 2. The molecule has 0 saturated carbocycles. The van der Waals surface area contributed by atoms with Crippen LogP contribution >= 0.6 is 0 Å². The van der Waals surface area contributed by atoms with Crippen LogP contribution < -0.4 is 15.5 Å². The summed E-state index contributed by atoms with van der Waals surface area (Å²) in [5.41, 5.74) is 5.18. The zero-order valence-electron chi connectivity index (χ0n) is 18.6. The molecule has 170 valence electrons. The fraction of sp³-hybridized carbons (Fsp3) is 0.148. The number of hydrogen-bond acceptors (Lipinski definition) is 6. The Hall–Kier alpha value is -4.23. The molecule has 1 aromatic heterocycles. The lowest BCUT2D eigenvalue weighted by Gasteiger charge is -2.28. The van der Waals surface area contributed by atoms with Gasteiger partial charge in [0.25, 0.3) is 5.91 Å². The number of morpholine rings is 1. The van der Waals surface area contributed by atoms with Crippen molar-refractivity contribution in [3.63, 3.8) is 0 Å². The van der Waals surface area contributed by atoms with Crippen molar-refractivity contribution in [2.24, 2.45) is 0 Å². The molecule has 0 spiro atoms. The Kier molecular flexibility index (Phi) is 6.45. The van der Waals surface area contributed by atoms with Crippen LogP contribution in [-0.4, -0.2) is 42.2 Å². The highest BCUT2D eigenvalue weighted by atomic mass is 16.5. The average Bonchev–Trinajstić information content (AvgIpc) is 2.91. The normalized spacial score (nSPS) is 13.4. The second kappa shape index (κ2) is 10.1. The van der Waals surface area contributed by atoms with E-state index in [-0.39, 0.29) is 5.91 Å². The van der Waals surface area contributed by atoms with E-state index in [1.165, 1.54) is 6.33 Å². The van der Waals surface area contributed by atoms with E-state index in [2.05, 4.69) is 25.5 Å². The van der Waals surface area contributed by atoms with Crippen LogP contribution in [0.25, 0.3) is 11.3 Å². The second-order valence-corrected chi connectivity index (χ2v) is 7.96. The quantitative estimate of drug-likeness (QED) is 0.431. The number of aromatic nitrogens is 2. The molecule has 3 aromatic carbocycles. The first kappa shape index (κ1) is 21.6. The summed E-state index contributed by atoms with van der Waals surface area (Å²) in [6.45, 7) is 3.26.